The molecule has 0 spiro atoms. The molecule has 3 heterocycles. The van der Waals surface area contributed by atoms with Crippen LogP contribution in [0, 0.1) is 0 Å². The lowest BCUT2D eigenvalue weighted by atomic mass is 9.82. The van der Waals surface area contributed by atoms with Crippen LogP contribution in [-0.2, 0) is 0 Å². The van der Waals surface area contributed by atoms with E-state index in [-0.39, 0.29) is 0 Å². The van der Waals surface area contributed by atoms with Crippen LogP contribution in [-0.4, -0.2) is 0 Å². The first kappa shape index (κ1) is 79.4. The predicted octanol–water partition coefficient (Wildman–Crippen LogP) is 37.7. The zero-order valence-corrected chi connectivity index (χ0v) is 73.7. The molecule has 0 aliphatic rings. The molecule has 0 atom stereocenters. The summed E-state index contributed by atoms with van der Waals surface area (Å²) in [5.41, 5.74) is 34.9. The van der Waals surface area contributed by atoms with Crippen molar-refractivity contribution in [1.82, 2.24) is 0 Å². The molecule has 27 rings (SSSR count). The van der Waals surface area contributed by atoms with Crippen molar-refractivity contribution >= 4 is 130 Å². The predicted molar refractivity (Wildman–Crippen MR) is 571 cm³/mol. The third-order valence-electron chi connectivity index (χ3n) is 27.3. The van der Waals surface area contributed by atoms with Gasteiger partial charge in [0.15, 0.2) is 0 Å². The van der Waals surface area contributed by atoms with E-state index >= 15 is 0 Å². The van der Waals surface area contributed by atoms with Crippen molar-refractivity contribution in [2.45, 2.75) is 0 Å². The van der Waals surface area contributed by atoms with Crippen LogP contribution in [0.5, 0.6) is 0 Å². The summed E-state index contributed by atoms with van der Waals surface area (Å²) in [5.74, 6) is 0. The summed E-state index contributed by atoms with van der Waals surface area (Å²) in [6, 6.07) is 183. The molecule has 3 nitrogen and oxygen atoms in total. The lowest BCUT2D eigenvalue weighted by Crippen LogP contribution is -1.94. The van der Waals surface area contributed by atoms with E-state index in [1.54, 1.807) is 0 Å². The van der Waals surface area contributed by atoms with Gasteiger partial charge < -0.3 is 13.3 Å². The van der Waals surface area contributed by atoms with E-state index < -0.39 is 0 Å². The number of hydrogen-bond acceptors (Lipinski definition) is 3. The number of para-hydroxylation sites is 3. The minimum absolute atomic E-state index is 0.908. The maximum absolute atomic E-state index is 6.31. The molecule has 0 N–H and O–H groups in total. The first-order valence-electron chi connectivity index (χ1n) is 46.3. The number of benzene rings is 24. The molecule has 630 valence electrons. The van der Waals surface area contributed by atoms with Gasteiger partial charge in [0.05, 0.1) is 0 Å². The van der Waals surface area contributed by atoms with E-state index in [1.807, 2.05) is 30.3 Å². The van der Waals surface area contributed by atoms with Gasteiger partial charge in [0.25, 0.3) is 0 Å². The van der Waals surface area contributed by atoms with E-state index in [0.717, 1.165) is 65.8 Å². The van der Waals surface area contributed by atoms with Gasteiger partial charge in [-0.3, -0.25) is 0 Å². The Hall–Kier alpha value is -17.8. The van der Waals surface area contributed by atoms with Crippen LogP contribution >= 0.6 is 0 Å². The molecule has 0 fully saturated rings. The zero-order chi connectivity index (χ0) is 89.2. The summed E-state index contributed by atoms with van der Waals surface area (Å²) in [6.45, 7) is 0. The Morgan fingerprint density at radius 3 is 0.770 bits per heavy atom. The highest BCUT2D eigenvalue weighted by Crippen LogP contribution is 2.53. The SMILES string of the molecule is c1ccc(-c2ccc(-c3c4ccccc4c(-c4cccc(-c5ccc6oc7ccccc7c6c5)c4)c4ccccc34)cc2)cc1.c1ccc(-c2ccccc2-c2c3ccccc3c(-c3cccc(-c4cccc5oc6ccccc6c45)c3)c3ccccc23)cc1.c1ccc(-c2ccccc2-c2c3ccccc3c(-c3ccccc3-c3cccc4oc5ccccc5c34)c3ccccc23)cc1. The average Bonchev–Trinajstić information content (AvgIpc) is 1.31. The number of rotatable bonds is 12. The highest BCUT2D eigenvalue weighted by molar-refractivity contribution is 6.27. The summed E-state index contributed by atoms with van der Waals surface area (Å²) in [5, 5.41) is 21.9. The summed E-state index contributed by atoms with van der Waals surface area (Å²) >= 11 is 0. The fraction of sp³-hybridized carbons (Fsp3) is 0. The van der Waals surface area contributed by atoms with E-state index in [1.165, 1.54) is 198 Å². The molecule has 0 saturated carbocycles. The molecular formula is C132H84O3. The first-order valence-corrected chi connectivity index (χ1v) is 46.3. The van der Waals surface area contributed by atoms with Crippen LogP contribution in [0.15, 0.2) is 523 Å². The van der Waals surface area contributed by atoms with Crippen molar-refractivity contribution in [2.24, 2.45) is 0 Å². The third-order valence-corrected chi connectivity index (χ3v) is 27.3. The van der Waals surface area contributed by atoms with Gasteiger partial charge in [-0.15, -0.1) is 0 Å². The second kappa shape index (κ2) is 33.9. The monoisotopic (exact) mass is 1720 g/mol. The third kappa shape index (κ3) is 14.0. The minimum Gasteiger partial charge on any atom is -0.456 e. The number of fused-ring (bicyclic) bond motifs is 15. The van der Waals surface area contributed by atoms with Crippen molar-refractivity contribution in [2.75, 3.05) is 0 Å². The Morgan fingerprint density at radius 1 is 0.0963 bits per heavy atom. The minimum atomic E-state index is 0.908. The Labute approximate surface area is 781 Å². The van der Waals surface area contributed by atoms with Gasteiger partial charge >= 0.3 is 0 Å². The van der Waals surface area contributed by atoms with E-state index in [9.17, 15) is 0 Å². The fourth-order valence-corrected chi connectivity index (χ4v) is 21.3. The molecule has 24 aromatic carbocycles. The summed E-state index contributed by atoms with van der Waals surface area (Å²) in [7, 11) is 0. The van der Waals surface area contributed by atoms with Crippen molar-refractivity contribution < 1.29 is 13.3 Å². The topological polar surface area (TPSA) is 39.4 Å². The van der Waals surface area contributed by atoms with Gasteiger partial charge in [-0.2, -0.15) is 0 Å². The average molecular weight is 1720 g/mol. The van der Waals surface area contributed by atoms with Crippen LogP contribution in [0.2, 0.25) is 0 Å². The lowest BCUT2D eigenvalue weighted by molar-refractivity contribution is 0.668. The van der Waals surface area contributed by atoms with Gasteiger partial charge in [-0.1, -0.05) is 455 Å². The lowest BCUT2D eigenvalue weighted by Gasteiger charge is -2.21. The van der Waals surface area contributed by atoms with Crippen LogP contribution in [0.1, 0.15) is 0 Å². The largest absolute Gasteiger partial charge is 0.456 e. The maximum atomic E-state index is 6.31. The van der Waals surface area contributed by atoms with Crippen LogP contribution in [0.4, 0.5) is 0 Å². The first-order chi connectivity index (χ1) is 67.0. The molecule has 0 aliphatic carbocycles. The van der Waals surface area contributed by atoms with Crippen LogP contribution in [0.25, 0.3) is 264 Å². The van der Waals surface area contributed by atoms with Gasteiger partial charge in [0.2, 0.25) is 0 Å². The fourth-order valence-electron chi connectivity index (χ4n) is 21.3. The molecule has 3 aromatic heterocycles. The van der Waals surface area contributed by atoms with Crippen LogP contribution < -0.4 is 0 Å². The Kier molecular flexibility index (Phi) is 20.0. The molecular weight excluding hydrogens is 1630 g/mol. The zero-order valence-electron chi connectivity index (χ0n) is 73.7. The second-order valence-electron chi connectivity index (χ2n) is 34.9. The molecule has 0 aliphatic heterocycles. The Balaban J connectivity index is 0.000000108. The Morgan fingerprint density at radius 2 is 0.333 bits per heavy atom. The number of hydrogen-bond donors (Lipinski definition) is 0. The molecule has 0 unspecified atom stereocenters. The van der Waals surface area contributed by atoms with E-state index in [0.29, 0.717) is 0 Å². The van der Waals surface area contributed by atoms with Crippen molar-refractivity contribution in [3.8, 4) is 134 Å². The van der Waals surface area contributed by atoms with E-state index in [4.69, 9.17) is 13.3 Å². The smallest absolute Gasteiger partial charge is 0.136 e. The standard InChI is InChI=1S/3C44H28O/c1-2-15-29(16-3-1)30-17-4-6-19-32(30)42-35-21-8-10-23-37(35)43(38-24-11-9-22-36(38)42)33-20-7-5-18-31(33)34-26-14-28-41-44(34)39-25-12-13-27-40(39)45-41;1-2-11-29(12-3-1)30-21-23-31(24-22-30)43-36-16-4-6-18-38(36)44(39-19-7-5-17-37(39)43)34-14-10-13-32(27-34)33-25-26-42-40(28-33)35-15-8-9-20-41(35)45-42;1-2-14-29(15-3-1)32-18-4-5-19-34(32)43-37-22-8-6-20-35(37)42(36-21-7-9-23-38(36)43)31-17-12-16-30(28-31)33-25-13-27-41-44(33)39-24-10-11-26-40(39)45-41/h3*1-28H. The summed E-state index contributed by atoms with van der Waals surface area (Å²) in [6.07, 6.45) is 0. The quantitative estimate of drug-likeness (QED) is 0.114. The summed E-state index contributed by atoms with van der Waals surface area (Å²) in [4.78, 5) is 0. The van der Waals surface area contributed by atoms with Crippen LogP contribution in [0.3, 0.4) is 0 Å². The molecule has 0 bridgehead atoms. The highest BCUT2D eigenvalue weighted by Gasteiger charge is 2.26. The summed E-state index contributed by atoms with van der Waals surface area (Å²) < 4.78 is 18.7. The molecule has 3 heteroatoms. The Bertz CT molecular complexity index is 9120. The van der Waals surface area contributed by atoms with Crippen molar-refractivity contribution in [3.05, 3.63) is 510 Å². The molecule has 0 amide bonds. The van der Waals surface area contributed by atoms with Crippen molar-refractivity contribution in [1.29, 1.82) is 0 Å². The highest BCUT2D eigenvalue weighted by atomic mass is 16.3. The maximum Gasteiger partial charge on any atom is 0.136 e. The molecule has 0 saturated heterocycles. The van der Waals surface area contributed by atoms with Gasteiger partial charge in [0, 0.05) is 32.3 Å². The number of furan rings is 3. The molecule has 135 heavy (non-hydrogen) atoms. The van der Waals surface area contributed by atoms with Gasteiger partial charge in [-0.25, -0.2) is 0 Å². The van der Waals surface area contributed by atoms with Gasteiger partial charge in [0.1, 0.15) is 33.5 Å². The van der Waals surface area contributed by atoms with Gasteiger partial charge in [-0.05, 0) is 253 Å². The van der Waals surface area contributed by atoms with E-state index in [2.05, 4.69) is 479 Å². The molecule has 0 radical (unpaired) electrons. The normalized spacial score (nSPS) is 11.6. The molecule has 27 aromatic rings. The second-order valence-corrected chi connectivity index (χ2v) is 34.9. The van der Waals surface area contributed by atoms with Crippen molar-refractivity contribution in [3.63, 3.8) is 0 Å².